The summed E-state index contributed by atoms with van der Waals surface area (Å²) in [6, 6.07) is 19.4. The Bertz CT molecular complexity index is 2500. The Morgan fingerprint density at radius 2 is 1.09 bits per heavy atom. The summed E-state index contributed by atoms with van der Waals surface area (Å²) < 4.78 is 29.3. The lowest BCUT2D eigenvalue weighted by Crippen LogP contribution is -1.99. The number of halogens is 7. The van der Waals surface area contributed by atoms with Gasteiger partial charge in [-0.3, -0.25) is 0 Å². The largest absolute Gasteiger partial charge is 0.494 e. The van der Waals surface area contributed by atoms with Gasteiger partial charge in [-0.1, -0.05) is 138 Å². The molecule has 19 heteroatoms. The van der Waals surface area contributed by atoms with Crippen molar-refractivity contribution in [1.29, 1.82) is 0 Å². The second kappa shape index (κ2) is 26.6. The maximum atomic E-state index is 6.19. The number of rotatable bonds is 16. The van der Waals surface area contributed by atoms with Crippen molar-refractivity contribution < 1.29 is 27.5 Å². The number of ether oxygens (including phenoxy) is 3. The maximum Gasteiger partial charge on any atom is 0.268 e. The molecule has 0 radical (unpaired) electrons. The molecule has 0 spiro atoms. The van der Waals surface area contributed by atoms with E-state index in [1.807, 2.05) is 70.2 Å². The van der Waals surface area contributed by atoms with Crippen LogP contribution in [0.1, 0.15) is 111 Å². The van der Waals surface area contributed by atoms with Gasteiger partial charge in [-0.25, -0.2) is 0 Å². The van der Waals surface area contributed by atoms with Gasteiger partial charge in [-0.15, -0.1) is 30.6 Å². The van der Waals surface area contributed by atoms with Gasteiger partial charge >= 0.3 is 0 Å². The molecule has 0 aliphatic rings. The number of nitrogens with zero attached hydrogens (tertiary/aromatic N) is 6. The predicted molar refractivity (Wildman–Crippen MR) is 264 cm³/mol. The molecule has 3 aromatic carbocycles. The fraction of sp³-hybridized carbons (Fsp3) is 0.304. The predicted octanol–water partition coefficient (Wildman–Crippen LogP) is 15.1. The third kappa shape index (κ3) is 18.3. The molecule has 6 aromatic rings. The SMILES string of the molecule is CC=Cc1ccc(C=C(C)c2nnc(C)o2)cc1.CCCOc1ccc(C=Cc2nnc(C(Cl)(Cl)Cl)o2)c(Cl)c1.CCCOc1ccc(C=Cc2nnc(C(Cl)(Cl)Cl)o2)c(OCCC)c1. The summed E-state index contributed by atoms with van der Waals surface area (Å²) in [5.74, 6) is 3.63. The first-order chi connectivity index (χ1) is 31.0. The second-order valence-electron chi connectivity index (χ2n) is 13.6. The normalized spacial score (nSPS) is 12.0. The third-order valence-corrected chi connectivity index (χ3v) is 9.38. The number of hydrogen-bond donors (Lipinski definition) is 0. The Balaban J connectivity index is 0.000000216. The van der Waals surface area contributed by atoms with E-state index in [0.717, 1.165) is 53.0 Å². The van der Waals surface area contributed by atoms with E-state index in [9.17, 15) is 0 Å². The zero-order valence-corrected chi connectivity index (χ0v) is 41.6. The van der Waals surface area contributed by atoms with Gasteiger partial charge in [0.1, 0.15) is 17.2 Å². The van der Waals surface area contributed by atoms with Crippen molar-refractivity contribution in [2.24, 2.45) is 0 Å². The Hall–Kier alpha value is -4.53. The van der Waals surface area contributed by atoms with E-state index in [1.165, 1.54) is 5.56 Å². The van der Waals surface area contributed by atoms with Crippen molar-refractivity contribution in [2.75, 3.05) is 19.8 Å². The van der Waals surface area contributed by atoms with Crippen LogP contribution < -0.4 is 14.2 Å². The zero-order valence-electron chi connectivity index (χ0n) is 36.3. The lowest BCUT2D eigenvalue weighted by atomic mass is 10.1. The molecule has 0 fully saturated rings. The highest BCUT2D eigenvalue weighted by atomic mass is 35.6. The van der Waals surface area contributed by atoms with Crippen LogP contribution in [0, 0.1) is 6.92 Å². The van der Waals surface area contributed by atoms with Gasteiger partial charge in [0.05, 0.1) is 24.8 Å². The van der Waals surface area contributed by atoms with Crippen molar-refractivity contribution >= 4 is 123 Å². The smallest absolute Gasteiger partial charge is 0.268 e. The van der Waals surface area contributed by atoms with Crippen molar-refractivity contribution in [1.82, 2.24) is 30.6 Å². The molecule has 0 saturated heterocycles. The summed E-state index contributed by atoms with van der Waals surface area (Å²) in [4.78, 5) is 0. The van der Waals surface area contributed by atoms with Gasteiger partial charge in [0.15, 0.2) is 0 Å². The Morgan fingerprint density at radius 1 is 0.585 bits per heavy atom. The molecule has 0 atom stereocenters. The molecule has 65 heavy (non-hydrogen) atoms. The van der Waals surface area contributed by atoms with E-state index in [2.05, 4.69) is 67.9 Å². The molecule has 0 aliphatic heterocycles. The second-order valence-corrected chi connectivity index (χ2v) is 18.6. The molecule has 0 amide bonds. The minimum absolute atomic E-state index is 0.0806. The maximum absolute atomic E-state index is 6.19. The number of benzene rings is 3. The van der Waals surface area contributed by atoms with Gasteiger partial charge in [-0.05, 0) is 98.4 Å². The molecule has 0 saturated carbocycles. The van der Waals surface area contributed by atoms with Gasteiger partial charge in [0.25, 0.3) is 19.4 Å². The minimum Gasteiger partial charge on any atom is -0.494 e. The first-order valence-corrected chi connectivity index (χ1v) is 22.9. The van der Waals surface area contributed by atoms with Crippen molar-refractivity contribution in [3.63, 3.8) is 0 Å². The topological polar surface area (TPSA) is 144 Å². The quantitative estimate of drug-likeness (QED) is 0.0851. The van der Waals surface area contributed by atoms with Gasteiger partial charge in [0, 0.05) is 36.3 Å². The minimum atomic E-state index is -1.74. The van der Waals surface area contributed by atoms with E-state index < -0.39 is 7.59 Å². The Morgan fingerprint density at radius 3 is 1.57 bits per heavy atom. The average molecular weight is 1030 g/mol. The summed E-state index contributed by atoms with van der Waals surface area (Å²) in [5.41, 5.74) is 4.91. The molecule has 6 rings (SSSR count). The van der Waals surface area contributed by atoms with Crippen molar-refractivity contribution in [3.05, 3.63) is 129 Å². The number of allylic oxidation sites excluding steroid dienone is 2. The van der Waals surface area contributed by atoms with Crippen LogP contribution in [0.2, 0.25) is 5.02 Å². The van der Waals surface area contributed by atoms with E-state index >= 15 is 0 Å². The van der Waals surface area contributed by atoms with Crippen LogP contribution in [0.15, 0.2) is 80.0 Å². The van der Waals surface area contributed by atoms with E-state index in [0.29, 0.717) is 42.4 Å². The summed E-state index contributed by atoms with van der Waals surface area (Å²) in [5, 5.41) is 23.3. The fourth-order valence-electron chi connectivity index (χ4n) is 5.07. The van der Waals surface area contributed by atoms with Gasteiger partial charge < -0.3 is 27.5 Å². The lowest BCUT2D eigenvalue weighted by molar-refractivity contribution is 0.301. The first-order valence-electron chi connectivity index (χ1n) is 20.2. The van der Waals surface area contributed by atoms with Crippen molar-refractivity contribution in [2.45, 2.75) is 68.4 Å². The summed E-state index contributed by atoms with van der Waals surface area (Å²) in [6.45, 7) is 13.8. The summed E-state index contributed by atoms with van der Waals surface area (Å²) in [7, 11) is 0. The lowest BCUT2D eigenvalue weighted by Gasteiger charge is -2.11. The molecule has 0 bridgehead atoms. The van der Waals surface area contributed by atoms with E-state index in [4.69, 9.17) is 109 Å². The molecular formula is C46H47Cl7N6O6. The zero-order chi connectivity index (χ0) is 47.4. The molecular weight excluding hydrogens is 981 g/mol. The molecule has 3 heterocycles. The van der Waals surface area contributed by atoms with Crippen LogP contribution in [0.4, 0.5) is 0 Å². The van der Waals surface area contributed by atoms with Crippen LogP contribution in [0.25, 0.3) is 42.0 Å². The monoisotopic (exact) mass is 1020 g/mol. The Kier molecular flexibility index (Phi) is 21.7. The molecule has 346 valence electrons. The van der Waals surface area contributed by atoms with E-state index in [-0.39, 0.29) is 23.6 Å². The van der Waals surface area contributed by atoms with Crippen LogP contribution in [-0.4, -0.2) is 50.4 Å². The van der Waals surface area contributed by atoms with Crippen LogP contribution in [-0.2, 0) is 7.59 Å². The van der Waals surface area contributed by atoms with Crippen LogP contribution >= 0.6 is 81.2 Å². The molecule has 0 N–H and O–H groups in total. The standard InChI is InChI=1S/C17H19Cl3N2O3.C15H16N2O.C14H12Cl4N2O2/c1-3-9-23-13-7-5-12(14(11-13)24-10-4-2)6-8-15-21-22-16(25-15)17(18,19)20;1-4-5-13-6-8-14(9-7-13)10-11(2)15-17-16-12(3)18-15;1-2-7-21-10-5-3-9(11(15)8-10)4-6-12-19-20-13(22-12)14(16,17)18/h5-8,11H,3-4,9-10H2,1-2H3;4-10H,1-3H3;3-6,8H,2,7H2,1H3. The number of hydrogen-bond acceptors (Lipinski definition) is 12. The van der Waals surface area contributed by atoms with Crippen LogP contribution in [0.5, 0.6) is 17.2 Å². The summed E-state index contributed by atoms with van der Waals surface area (Å²) >= 11 is 40.3. The molecule has 0 aliphatic carbocycles. The third-order valence-electron chi connectivity index (χ3n) is 8.08. The number of aromatic nitrogens is 6. The highest BCUT2D eigenvalue weighted by Crippen LogP contribution is 2.38. The molecule has 3 aromatic heterocycles. The van der Waals surface area contributed by atoms with E-state index in [1.54, 1.807) is 37.3 Å². The van der Waals surface area contributed by atoms with Gasteiger partial charge in [0.2, 0.25) is 23.6 Å². The molecule has 12 nitrogen and oxygen atoms in total. The highest BCUT2D eigenvalue weighted by molar-refractivity contribution is 6.66. The average Bonchev–Trinajstić information content (AvgIpc) is 4.07. The Labute approximate surface area is 413 Å². The molecule has 0 unspecified atom stereocenters. The van der Waals surface area contributed by atoms with Crippen molar-refractivity contribution in [3.8, 4) is 17.2 Å². The van der Waals surface area contributed by atoms with Gasteiger partial charge in [-0.2, -0.15) is 0 Å². The fourth-order valence-corrected chi connectivity index (χ4v) is 5.76. The number of alkyl halides is 6. The first kappa shape index (κ1) is 53.1. The summed E-state index contributed by atoms with van der Waals surface area (Å²) in [6.07, 6.45) is 15.6. The van der Waals surface area contributed by atoms with Crippen LogP contribution in [0.3, 0.4) is 0 Å². The number of aryl methyl sites for hydroxylation is 1. The highest BCUT2D eigenvalue weighted by Gasteiger charge is 2.30.